The highest BCUT2D eigenvalue weighted by Gasteiger charge is 2.42. The molecule has 0 saturated carbocycles. The number of aromatic nitrogens is 2. The smallest absolute Gasteiger partial charge is 0.174 e. The highest BCUT2D eigenvalue weighted by molar-refractivity contribution is 7.80. The summed E-state index contributed by atoms with van der Waals surface area (Å²) < 4.78 is 7.64. The van der Waals surface area contributed by atoms with E-state index >= 15 is 0 Å². The maximum atomic E-state index is 6.63. The minimum absolute atomic E-state index is 0.151. The number of pyridine rings is 1. The lowest BCUT2D eigenvalue weighted by molar-refractivity contribution is 0.415. The molecule has 1 aliphatic heterocycles. The first-order valence-corrected chi connectivity index (χ1v) is 12.3. The van der Waals surface area contributed by atoms with Gasteiger partial charge in [-0.05, 0) is 74.1 Å². The van der Waals surface area contributed by atoms with Crippen LogP contribution in [0.3, 0.4) is 0 Å². The van der Waals surface area contributed by atoms with Gasteiger partial charge in [-0.1, -0.05) is 41.4 Å². The van der Waals surface area contributed by atoms with Crippen LogP contribution in [0.4, 0.5) is 5.69 Å². The van der Waals surface area contributed by atoms with E-state index in [9.17, 15) is 0 Å². The Hall–Kier alpha value is -3.06. The number of methoxy groups -OCH3 is 1. The molecule has 0 radical (unpaired) electrons. The monoisotopic (exact) mass is 522 g/mol. The lowest BCUT2D eigenvalue weighted by Gasteiger charge is -2.28. The Kier molecular flexibility index (Phi) is 6.45. The number of nitrogens with zero attached hydrogens (tertiary/aromatic N) is 3. The van der Waals surface area contributed by atoms with Crippen molar-refractivity contribution in [3.05, 3.63) is 106 Å². The number of benzene rings is 2. The van der Waals surface area contributed by atoms with Gasteiger partial charge in [0.25, 0.3) is 0 Å². The van der Waals surface area contributed by atoms with Crippen molar-refractivity contribution in [2.75, 3.05) is 12.0 Å². The molecule has 4 aromatic rings. The fraction of sp³-hybridized carbons (Fsp3) is 0.185. The number of anilines is 1. The molecule has 5 nitrogen and oxygen atoms in total. The minimum Gasteiger partial charge on any atom is -0.497 e. The first-order chi connectivity index (χ1) is 16.9. The Morgan fingerprint density at radius 2 is 1.80 bits per heavy atom. The van der Waals surface area contributed by atoms with Crippen LogP contribution in [0.15, 0.2) is 72.9 Å². The summed E-state index contributed by atoms with van der Waals surface area (Å²) in [5.41, 5.74) is 5.91. The lowest BCUT2D eigenvalue weighted by Crippen LogP contribution is -2.29. The first kappa shape index (κ1) is 23.7. The summed E-state index contributed by atoms with van der Waals surface area (Å²) >= 11 is 18.9. The summed E-state index contributed by atoms with van der Waals surface area (Å²) in [4.78, 5) is 6.80. The Morgan fingerprint density at radius 1 is 1.00 bits per heavy atom. The number of thiocarbonyl (C=S) groups is 1. The molecular weight excluding hydrogens is 499 g/mol. The van der Waals surface area contributed by atoms with Gasteiger partial charge in [0, 0.05) is 29.3 Å². The van der Waals surface area contributed by atoms with Crippen molar-refractivity contribution in [1.82, 2.24) is 14.9 Å². The van der Waals surface area contributed by atoms with Gasteiger partial charge in [-0.25, -0.2) is 0 Å². The molecule has 3 heterocycles. The van der Waals surface area contributed by atoms with E-state index in [2.05, 4.69) is 39.7 Å². The molecule has 5 rings (SSSR count). The quantitative estimate of drug-likeness (QED) is 0.286. The van der Waals surface area contributed by atoms with Gasteiger partial charge in [-0.15, -0.1) is 0 Å². The Bertz CT molecular complexity index is 1410. The minimum atomic E-state index is -0.154. The summed E-state index contributed by atoms with van der Waals surface area (Å²) in [5, 5.41) is 5.19. The maximum absolute atomic E-state index is 6.63. The van der Waals surface area contributed by atoms with Crippen molar-refractivity contribution in [3.8, 4) is 11.4 Å². The molecule has 0 spiro atoms. The molecule has 178 valence electrons. The molecule has 2 aromatic carbocycles. The van der Waals surface area contributed by atoms with E-state index in [1.54, 1.807) is 19.4 Å². The average molecular weight is 523 g/mol. The zero-order valence-electron chi connectivity index (χ0n) is 19.5. The van der Waals surface area contributed by atoms with E-state index in [0.29, 0.717) is 15.2 Å². The predicted octanol–water partition coefficient (Wildman–Crippen LogP) is 6.98. The predicted molar refractivity (Wildman–Crippen MR) is 146 cm³/mol. The molecule has 1 fully saturated rings. The Labute approximate surface area is 220 Å². The van der Waals surface area contributed by atoms with Crippen molar-refractivity contribution >= 4 is 46.2 Å². The van der Waals surface area contributed by atoms with Gasteiger partial charge in [-0.2, -0.15) is 0 Å². The number of ether oxygens (including phenoxy) is 1. The van der Waals surface area contributed by atoms with Crippen LogP contribution in [-0.2, 0) is 0 Å². The molecule has 35 heavy (non-hydrogen) atoms. The van der Waals surface area contributed by atoms with Crippen molar-refractivity contribution < 1.29 is 4.74 Å². The first-order valence-electron chi connectivity index (χ1n) is 11.2. The number of nitrogens with one attached hydrogen (secondary N) is 1. The fourth-order valence-electron chi connectivity index (χ4n) is 4.83. The highest BCUT2D eigenvalue weighted by atomic mass is 35.5. The van der Waals surface area contributed by atoms with Gasteiger partial charge < -0.3 is 19.5 Å². The third-order valence-corrected chi connectivity index (χ3v) is 7.51. The molecule has 8 heteroatoms. The molecule has 1 saturated heterocycles. The molecule has 0 unspecified atom stereocenters. The number of halogens is 2. The summed E-state index contributed by atoms with van der Waals surface area (Å²) in [6.07, 6.45) is 1.81. The van der Waals surface area contributed by atoms with Gasteiger partial charge in [0.1, 0.15) is 5.75 Å². The van der Waals surface area contributed by atoms with Crippen LogP contribution >= 0.6 is 35.4 Å². The molecular formula is C27H24Cl2N4OS. The van der Waals surface area contributed by atoms with Crippen LogP contribution in [0, 0.1) is 13.8 Å². The number of hydrogen-bond acceptors (Lipinski definition) is 3. The van der Waals surface area contributed by atoms with Crippen LogP contribution < -0.4 is 15.0 Å². The van der Waals surface area contributed by atoms with Crippen LogP contribution in [0.5, 0.6) is 5.75 Å². The molecule has 1 aliphatic rings. The van der Waals surface area contributed by atoms with E-state index in [4.69, 9.17) is 40.2 Å². The van der Waals surface area contributed by atoms with Gasteiger partial charge in [0.2, 0.25) is 0 Å². The summed E-state index contributed by atoms with van der Waals surface area (Å²) in [6.45, 7) is 4.17. The van der Waals surface area contributed by atoms with Gasteiger partial charge in [0.05, 0.1) is 40.6 Å². The fourth-order valence-corrected chi connectivity index (χ4v) is 5.56. The van der Waals surface area contributed by atoms with Crippen LogP contribution in [-0.4, -0.2) is 21.8 Å². The second-order valence-corrected chi connectivity index (χ2v) is 9.60. The second kappa shape index (κ2) is 9.53. The van der Waals surface area contributed by atoms with Crippen molar-refractivity contribution in [1.29, 1.82) is 0 Å². The van der Waals surface area contributed by atoms with Gasteiger partial charge >= 0.3 is 0 Å². The second-order valence-electron chi connectivity index (χ2n) is 8.43. The standard InChI is InChI=1S/C27H24Cl2N4OS/c1-16-14-20(17(2)32(16)23-12-7-10-21(28)24(23)29)26-25(22-11-4-5-13-30-22)31-27(35)33(26)18-8-6-9-19(15-18)34-3/h4-15,25-26H,1-3H3,(H,31,35)/t25-,26-/m0/s1. The number of hydrogen-bond donors (Lipinski definition) is 1. The van der Waals surface area contributed by atoms with Gasteiger partial charge in [-0.3, -0.25) is 4.98 Å². The zero-order valence-corrected chi connectivity index (χ0v) is 21.8. The summed E-state index contributed by atoms with van der Waals surface area (Å²) in [6, 6.07) is 21.4. The highest BCUT2D eigenvalue weighted by Crippen LogP contribution is 2.44. The summed E-state index contributed by atoms with van der Waals surface area (Å²) in [5.74, 6) is 0.765. The Morgan fingerprint density at radius 3 is 2.54 bits per heavy atom. The zero-order chi connectivity index (χ0) is 24.7. The molecule has 1 N–H and O–H groups in total. The normalized spacial score (nSPS) is 17.5. The average Bonchev–Trinajstić information content (AvgIpc) is 3.36. The largest absolute Gasteiger partial charge is 0.497 e. The van der Waals surface area contributed by atoms with E-state index in [-0.39, 0.29) is 12.1 Å². The molecule has 2 atom stereocenters. The van der Waals surface area contributed by atoms with E-state index in [0.717, 1.165) is 39.8 Å². The van der Waals surface area contributed by atoms with Crippen LogP contribution in [0.1, 0.15) is 34.7 Å². The van der Waals surface area contributed by atoms with Gasteiger partial charge in [0.15, 0.2) is 5.11 Å². The summed E-state index contributed by atoms with van der Waals surface area (Å²) in [7, 11) is 1.66. The van der Waals surface area contributed by atoms with Crippen LogP contribution in [0.25, 0.3) is 5.69 Å². The molecule has 2 aromatic heterocycles. The SMILES string of the molecule is COc1cccc(N2C(=S)N[C@@H](c3ccccn3)[C@@H]2c2cc(C)n(-c3cccc(Cl)c3Cl)c2C)c1. The third-order valence-electron chi connectivity index (χ3n) is 6.39. The van der Waals surface area contributed by atoms with E-state index in [1.165, 1.54) is 0 Å². The van der Waals surface area contributed by atoms with Crippen molar-refractivity contribution in [3.63, 3.8) is 0 Å². The molecule has 0 amide bonds. The maximum Gasteiger partial charge on any atom is 0.174 e. The van der Waals surface area contributed by atoms with E-state index < -0.39 is 0 Å². The van der Waals surface area contributed by atoms with E-state index in [1.807, 2.05) is 54.6 Å². The van der Waals surface area contributed by atoms with Crippen molar-refractivity contribution in [2.45, 2.75) is 25.9 Å². The Balaban J connectivity index is 1.70. The molecule has 0 bridgehead atoms. The lowest BCUT2D eigenvalue weighted by atomic mass is 9.96. The molecule has 0 aliphatic carbocycles. The number of aryl methyl sites for hydroxylation is 1. The van der Waals surface area contributed by atoms with Crippen molar-refractivity contribution in [2.24, 2.45) is 0 Å². The third kappa shape index (κ3) is 4.16. The topological polar surface area (TPSA) is 42.3 Å². The van der Waals surface area contributed by atoms with Crippen LogP contribution in [0.2, 0.25) is 10.0 Å². The number of rotatable bonds is 5.